The minimum absolute atomic E-state index is 0.0591. The van der Waals surface area contributed by atoms with E-state index in [-0.39, 0.29) is 17.9 Å². The van der Waals surface area contributed by atoms with Gasteiger partial charge in [-0.05, 0) is 12.3 Å². The van der Waals surface area contributed by atoms with Gasteiger partial charge in [0, 0.05) is 6.54 Å². The lowest BCUT2D eigenvalue weighted by atomic mass is 9.99. The van der Waals surface area contributed by atoms with Gasteiger partial charge in [0.25, 0.3) is 0 Å². The third-order valence-corrected chi connectivity index (χ3v) is 2.21. The number of hydrogen-bond acceptors (Lipinski definition) is 2. The van der Waals surface area contributed by atoms with Gasteiger partial charge in [-0.15, -0.1) is 6.58 Å². The molecule has 0 aliphatic heterocycles. The summed E-state index contributed by atoms with van der Waals surface area (Å²) in [4.78, 5) is 11.3. The second-order valence-corrected chi connectivity index (χ2v) is 3.28. The van der Waals surface area contributed by atoms with Crippen LogP contribution in [0.2, 0.25) is 0 Å². The Bertz CT molecular complexity index is 168. The Morgan fingerprint density at radius 3 is 2.77 bits per heavy atom. The highest BCUT2D eigenvalue weighted by atomic mass is 16.2. The van der Waals surface area contributed by atoms with Gasteiger partial charge in [-0.2, -0.15) is 0 Å². The number of carbonyl (C=O) groups excluding carboxylic acids is 1. The molecule has 13 heavy (non-hydrogen) atoms. The maximum Gasteiger partial charge on any atom is 0.237 e. The summed E-state index contributed by atoms with van der Waals surface area (Å²) in [5, 5.41) is 2.76. The van der Waals surface area contributed by atoms with Crippen molar-refractivity contribution in [3.05, 3.63) is 12.7 Å². The van der Waals surface area contributed by atoms with Crippen LogP contribution in [0.15, 0.2) is 12.7 Å². The highest BCUT2D eigenvalue weighted by Crippen LogP contribution is 2.04. The quantitative estimate of drug-likeness (QED) is 0.479. The lowest BCUT2D eigenvalue weighted by Gasteiger charge is -2.17. The van der Waals surface area contributed by atoms with Crippen LogP contribution in [-0.2, 0) is 4.79 Å². The first kappa shape index (κ1) is 12.2. The molecule has 0 heterocycles. The molecule has 0 aromatic carbocycles. The smallest absolute Gasteiger partial charge is 0.237 e. The minimum atomic E-state index is -0.380. The lowest BCUT2D eigenvalue weighted by Crippen LogP contribution is -2.44. The SMILES string of the molecule is C=CCCNC(=O)[C@@H](N)C(C)CC. The van der Waals surface area contributed by atoms with E-state index in [9.17, 15) is 4.79 Å². The molecule has 0 fully saturated rings. The second-order valence-electron chi connectivity index (χ2n) is 3.28. The molecular formula is C10H20N2O. The van der Waals surface area contributed by atoms with Crippen LogP contribution in [0.5, 0.6) is 0 Å². The fourth-order valence-electron chi connectivity index (χ4n) is 0.928. The average Bonchev–Trinajstić information content (AvgIpc) is 2.15. The fraction of sp³-hybridized carbons (Fsp3) is 0.700. The van der Waals surface area contributed by atoms with Crippen LogP contribution in [0.25, 0.3) is 0 Å². The molecule has 3 nitrogen and oxygen atoms in total. The Hall–Kier alpha value is -0.830. The molecular weight excluding hydrogens is 164 g/mol. The van der Waals surface area contributed by atoms with Crippen LogP contribution in [0.4, 0.5) is 0 Å². The second kappa shape index (κ2) is 6.66. The van der Waals surface area contributed by atoms with E-state index in [2.05, 4.69) is 11.9 Å². The maximum absolute atomic E-state index is 11.3. The van der Waals surface area contributed by atoms with Gasteiger partial charge >= 0.3 is 0 Å². The molecule has 1 unspecified atom stereocenters. The summed E-state index contributed by atoms with van der Waals surface area (Å²) in [7, 11) is 0. The van der Waals surface area contributed by atoms with Crippen LogP contribution in [0.3, 0.4) is 0 Å². The average molecular weight is 184 g/mol. The standard InChI is InChI=1S/C10H20N2O/c1-4-6-7-12-10(13)9(11)8(3)5-2/h4,8-9H,1,5-7,11H2,2-3H3,(H,12,13)/t8?,9-/m0/s1. The molecule has 0 bridgehead atoms. The fourth-order valence-corrected chi connectivity index (χ4v) is 0.928. The van der Waals surface area contributed by atoms with Crippen LogP contribution < -0.4 is 11.1 Å². The lowest BCUT2D eigenvalue weighted by molar-refractivity contribution is -0.123. The largest absolute Gasteiger partial charge is 0.354 e. The molecule has 3 heteroatoms. The van der Waals surface area contributed by atoms with Gasteiger partial charge in [0.1, 0.15) is 0 Å². The van der Waals surface area contributed by atoms with E-state index in [0.29, 0.717) is 6.54 Å². The van der Waals surface area contributed by atoms with Crippen molar-refractivity contribution >= 4 is 5.91 Å². The van der Waals surface area contributed by atoms with Crippen molar-refractivity contribution in [1.82, 2.24) is 5.32 Å². The summed E-state index contributed by atoms with van der Waals surface area (Å²) in [6, 6.07) is -0.380. The van der Waals surface area contributed by atoms with Gasteiger partial charge in [0.15, 0.2) is 0 Å². The predicted molar refractivity (Wildman–Crippen MR) is 55.3 cm³/mol. The van der Waals surface area contributed by atoms with Gasteiger partial charge in [0.05, 0.1) is 6.04 Å². The zero-order chi connectivity index (χ0) is 10.3. The summed E-state index contributed by atoms with van der Waals surface area (Å²) < 4.78 is 0. The summed E-state index contributed by atoms with van der Waals surface area (Å²) in [6.45, 7) is 8.22. The molecule has 0 aliphatic rings. The van der Waals surface area contributed by atoms with Gasteiger partial charge < -0.3 is 11.1 Å². The Labute approximate surface area is 80.4 Å². The Morgan fingerprint density at radius 2 is 2.31 bits per heavy atom. The molecule has 0 aliphatic carbocycles. The van der Waals surface area contributed by atoms with Crippen molar-refractivity contribution in [3.8, 4) is 0 Å². The minimum Gasteiger partial charge on any atom is -0.354 e. The number of rotatable bonds is 6. The molecule has 0 radical (unpaired) electrons. The van der Waals surface area contributed by atoms with Gasteiger partial charge in [0.2, 0.25) is 5.91 Å². The highest BCUT2D eigenvalue weighted by Gasteiger charge is 2.18. The molecule has 76 valence electrons. The van der Waals surface area contributed by atoms with Crippen LogP contribution in [-0.4, -0.2) is 18.5 Å². The molecule has 0 rings (SSSR count). The zero-order valence-corrected chi connectivity index (χ0v) is 8.55. The number of hydrogen-bond donors (Lipinski definition) is 2. The van der Waals surface area contributed by atoms with Crippen molar-refractivity contribution in [1.29, 1.82) is 0 Å². The maximum atomic E-state index is 11.3. The van der Waals surface area contributed by atoms with Crippen molar-refractivity contribution in [2.45, 2.75) is 32.7 Å². The molecule has 3 N–H and O–H groups in total. The molecule has 0 saturated carbocycles. The van der Waals surface area contributed by atoms with E-state index >= 15 is 0 Å². The molecule has 0 saturated heterocycles. The summed E-state index contributed by atoms with van der Waals surface area (Å²) >= 11 is 0. The van der Waals surface area contributed by atoms with Crippen LogP contribution in [0.1, 0.15) is 26.7 Å². The Kier molecular flexibility index (Phi) is 6.24. The van der Waals surface area contributed by atoms with E-state index in [1.807, 2.05) is 13.8 Å². The number of carbonyl (C=O) groups is 1. The van der Waals surface area contributed by atoms with Gasteiger partial charge in [-0.3, -0.25) is 4.79 Å². The van der Waals surface area contributed by atoms with Crippen molar-refractivity contribution in [3.63, 3.8) is 0 Å². The normalized spacial score (nSPS) is 14.7. The number of amides is 1. The number of nitrogens with two attached hydrogens (primary N) is 1. The first-order valence-corrected chi connectivity index (χ1v) is 4.77. The third kappa shape index (κ3) is 4.68. The predicted octanol–water partition coefficient (Wildman–Crippen LogP) is 1.05. The van der Waals surface area contributed by atoms with E-state index < -0.39 is 0 Å². The van der Waals surface area contributed by atoms with Crippen LogP contribution in [0, 0.1) is 5.92 Å². The first-order chi connectivity index (χ1) is 6.13. The highest BCUT2D eigenvalue weighted by molar-refractivity contribution is 5.81. The molecule has 0 spiro atoms. The van der Waals surface area contributed by atoms with E-state index in [1.165, 1.54) is 0 Å². The summed E-state index contributed by atoms with van der Waals surface area (Å²) in [6.07, 6.45) is 3.49. The molecule has 0 aromatic rings. The Morgan fingerprint density at radius 1 is 1.69 bits per heavy atom. The monoisotopic (exact) mass is 184 g/mol. The molecule has 2 atom stereocenters. The van der Waals surface area contributed by atoms with E-state index in [0.717, 1.165) is 12.8 Å². The molecule has 1 amide bonds. The molecule has 0 aromatic heterocycles. The van der Waals surface area contributed by atoms with Crippen molar-refractivity contribution in [2.75, 3.05) is 6.54 Å². The van der Waals surface area contributed by atoms with Crippen molar-refractivity contribution in [2.24, 2.45) is 11.7 Å². The van der Waals surface area contributed by atoms with Gasteiger partial charge in [-0.25, -0.2) is 0 Å². The number of nitrogens with one attached hydrogen (secondary N) is 1. The summed E-state index contributed by atoms with van der Waals surface area (Å²) in [5.41, 5.74) is 5.72. The summed E-state index contributed by atoms with van der Waals surface area (Å²) in [5.74, 6) is 0.180. The van der Waals surface area contributed by atoms with E-state index in [1.54, 1.807) is 6.08 Å². The van der Waals surface area contributed by atoms with Crippen LogP contribution >= 0.6 is 0 Å². The van der Waals surface area contributed by atoms with Gasteiger partial charge in [-0.1, -0.05) is 26.3 Å². The van der Waals surface area contributed by atoms with E-state index in [4.69, 9.17) is 5.73 Å². The topological polar surface area (TPSA) is 55.1 Å². The Balaban J connectivity index is 3.75. The van der Waals surface area contributed by atoms with Crippen molar-refractivity contribution < 1.29 is 4.79 Å². The third-order valence-electron chi connectivity index (χ3n) is 2.21. The zero-order valence-electron chi connectivity index (χ0n) is 8.55. The first-order valence-electron chi connectivity index (χ1n) is 4.77.